The third-order valence-electron chi connectivity index (χ3n) is 5.09. The number of benzene rings is 2. The molecule has 0 aromatic heterocycles. The molecule has 0 saturated heterocycles. The summed E-state index contributed by atoms with van der Waals surface area (Å²) in [5.41, 5.74) is -5.84. The van der Waals surface area contributed by atoms with Crippen LogP contribution in [-0.2, 0) is 57.8 Å². The van der Waals surface area contributed by atoms with E-state index in [-0.39, 0.29) is 87.9 Å². The molecule has 2 rings (SSSR count). The summed E-state index contributed by atoms with van der Waals surface area (Å²) in [6.07, 6.45) is -15.0. The van der Waals surface area contributed by atoms with Crippen LogP contribution < -0.4 is 16.5 Å². The van der Waals surface area contributed by atoms with Crippen molar-refractivity contribution in [2.75, 3.05) is 31.6 Å². The lowest BCUT2D eigenvalue weighted by Crippen LogP contribution is -2.57. The first-order valence-corrected chi connectivity index (χ1v) is 26.4. The Morgan fingerprint density at radius 1 is 0.591 bits per heavy atom. The highest BCUT2D eigenvalue weighted by atomic mass is 36.0. The maximum absolute atomic E-state index is 13.0. The molecule has 0 fully saturated rings. The summed E-state index contributed by atoms with van der Waals surface area (Å²) in [6, 6.07) is -1.75. The zero-order chi connectivity index (χ0) is 47.7. The molecule has 0 unspecified atom stereocenters. The molecule has 0 aliphatic rings. The Labute approximate surface area is 420 Å². The highest BCUT2D eigenvalue weighted by Crippen LogP contribution is 2.37. The summed E-state index contributed by atoms with van der Waals surface area (Å²) in [5, 5.41) is -0.926. The second-order valence-corrected chi connectivity index (χ2v) is 24.8. The standard InChI is InChI=1S/C14H18F6O3Si.C8H3Cl3F6Si.C5H3Cl.C2H5Cl.6CH4.Cl2O2S.H3N.O2S/c1-4-21-24(22-5-2,23-6-3)12-8-10(13(15,16)17)7-11(9-12)14(18,19)20;9-18(10,11)6-2-4(7(12,13)14)1-5(3-6)8(15,16)17;1-2-3-4-5-6;1-2-3;;;;;;;1-5(2,3)4;;1-3-2/h7-9H,4-6H2,1-3H3;1-3H;1H,5H2;2H2,1H3;6*1H4;;1H3;. The van der Waals surface area contributed by atoms with E-state index >= 15 is 0 Å². The van der Waals surface area contributed by atoms with Gasteiger partial charge in [-0.1, -0.05) is 57.4 Å². The molecule has 8 nitrogen and oxygen atoms in total. The monoisotopic (exact) mass is 1200 g/mol. The van der Waals surface area contributed by atoms with E-state index in [1.54, 1.807) is 20.8 Å². The molecule has 0 saturated carbocycles. The number of rotatable bonds is 8. The number of hydrogen-bond acceptors (Lipinski definition) is 8. The van der Waals surface area contributed by atoms with Gasteiger partial charge in [-0.3, -0.25) is 0 Å². The van der Waals surface area contributed by atoms with Gasteiger partial charge in [0.05, 0.1) is 28.1 Å². The molecule has 0 radical (unpaired) electrons. The number of terminal acetylenes is 1. The zero-order valence-corrected chi connectivity index (χ0v) is 39.6. The molecule has 2 aromatic rings. The summed E-state index contributed by atoms with van der Waals surface area (Å²) >= 11 is 25.7. The first kappa shape index (κ1) is 91.1. The highest BCUT2D eigenvalue weighted by Gasteiger charge is 2.47. The molecule has 0 atom stereocenters. The summed E-state index contributed by atoms with van der Waals surface area (Å²) in [4.78, 5) is 0. The summed E-state index contributed by atoms with van der Waals surface area (Å²) in [5.74, 6) is 7.99. The van der Waals surface area contributed by atoms with E-state index in [1.807, 2.05) is 6.92 Å². The van der Waals surface area contributed by atoms with Crippen molar-refractivity contribution >= 4 is 123 Å². The van der Waals surface area contributed by atoms with Crippen LogP contribution in [-0.4, -0.2) is 63.2 Å². The van der Waals surface area contributed by atoms with E-state index in [0.29, 0.717) is 30.1 Å². The molecule has 0 aliphatic carbocycles. The molecule has 66 heavy (non-hydrogen) atoms. The normalized spacial score (nSPS) is 10.4. The molecule has 0 spiro atoms. The van der Waals surface area contributed by atoms with Crippen LogP contribution >= 0.6 is 77.8 Å². The van der Waals surface area contributed by atoms with Gasteiger partial charge in [-0.2, -0.15) is 69.5 Å². The van der Waals surface area contributed by atoms with Crippen LogP contribution in [0.4, 0.5) is 52.7 Å². The summed E-state index contributed by atoms with van der Waals surface area (Å²) in [7, 11) is 0.921. The Kier molecular flexibility index (Phi) is 58.9. The SMILES string of the molecule is C.C.C.C.C.C.C#CC#CCCl.CCCl.CCO[Si](OCC)(OCC)c1cc(C(F)(F)F)cc(C(F)(F)F)c1.FC(F)(F)c1cc(C(F)(F)F)cc([Si](Cl)(Cl)Cl)c1.N.O=S(=O)(Cl)Cl.O=S=O. The fourth-order valence-electron chi connectivity index (χ4n) is 3.28. The van der Waals surface area contributed by atoms with Gasteiger partial charge in [0.25, 0.3) is 0 Å². The van der Waals surface area contributed by atoms with Crippen molar-refractivity contribution in [2.24, 2.45) is 0 Å². The molecule has 2 aromatic carbocycles. The van der Waals surface area contributed by atoms with Crippen LogP contribution in [0.15, 0.2) is 36.4 Å². The minimum atomic E-state index is -4.94. The van der Waals surface area contributed by atoms with Crippen molar-refractivity contribution in [3.05, 3.63) is 58.7 Å². The van der Waals surface area contributed by atoms with Crippen LogP contribution in [0, 0.1) is 24.2 Å². The quantitative estimate of drug-likeness (QED) is 0.0690. The van der Waals surface area contributed by atoms with Gasteiger partial charge in [-0.05, 0) is 74.2 Å². The summed E-state index contributed by atoms with van der Waals surface area (Å²) < 4.78 is 204. The first-order chi connectivity index (χ1) is 26.6. The Morgan fingerprint density at radius 2 is 0.803 bits per heavy atom. The van der Waals surface area contributed by atoms with Gasteiger partial charge in [-0.25, -0.2) is 0 Å². The third kappa shape index (κ3) is 44.0. The Morgan fingerprint density at radius 3 is 0.939 bits per heavy atom. The van der Waals surface area contributed by atoms with E-state index in [9.17, 15) is 52.7 Å². The van der Waals surface area contributed by atoms with E-state index in [0.717, 1.165) is 5.88 Å². The lowest BCUT2D eigenvalue weighted by molar-refractivity contribution is -0.144. The number of halogens is 19. The molecular formula is C35H56Cl7F12NO7S2Si2. The van der Waals surface area contributed by atoms with Crippen molar-refractivity contribution in [2.45, 2.75) is 97.0 Å². The van der Waals surface area contributed by atoms with Gasteiger partial charge >= 0.3 is 59.3 Å². The fourth-order valence-corrected chi connectivity index (χ4v) is 7.52. The second kappa shape index (κ2) is 42.7. The lowest BCUT2D eigenvalue weighted by Gasteiger charge is -2.29. The molecule has 0 amide bonds. The van der Waals surface area contributed by atoms with E-state index in [1.165, 1.54) is 0 Å². The third-order valence-corrected chi connectivity index (χ3v) is 11.1. The van der Waals surface area contributed by atoms with Crippen LogP contribution in [0.2, 0.25) is 0 Å². The van der Waals surface area contributed by atoms with Crippen molar-refractivity contribution < 1.29 is 82.8 Å². The Bertz CT molecular complexity index is 1670. The van der Waals surface area contributed by atoms with Gasteiger partial charge in [0.1, 0.15) is 0 Å². The topological polar surface area (TPSA) is 131 Å². The number of hydrogen-bond donors (Lipinski definition) is 1. The predicted octanol–water partition coefficient (Wildman–Crippen LogP) is 14.7. The van der Waals surface area contributed by atoms with Gasteiger partial charge in [0, 0.05) is 52.3 Å². The minimum absolute atomic E-state index is 0. The lowest BCUT2D eigenvalue weighted by atomic mass is 10.1. The summed E-state index contributed by atoms with van der Waals surface area (Å²) in [6.45, 7) is 6.60. The van der Waals surface area contributed by atoms with Crippen LogP contribution in [0.5, 0.6) is 0 Å². The molecule has 31 heteroatoms. The smallest absolute Gasteiger partial charge is 0.370 e. The van der Waals surface area contributed by atoms with Crippen LogP contribution in [0.25, 0.3) is 0 Å². The van der Waals surface area contributed by atoms with Crippen molar-refractivity contribution in [1.82, 2.24) is 6.15 Å². The van der Waals surface area contributed by atoms with Crippen molar-refractivity contribution in [3.63, 3.8) is 0 Å². The molecule has 0 bridgehead atoms. The average Bonchev–Trinajstić information content (AvgIpc) is 3.06. The average molecular weight is 1200 g/mol. The Balaban J connectivity index is -0.0000000708. The highest BCUT2D eigenvalue weighted by molar-refractivity contribution is 8.31. The largest absolute Gasteiger partial charge is 0.537 e. The van der Waals surface area contributed by atoms with Gasteiger partial charge in [-0.15, -0.1) is 62.9 Å². The zero-order valence-electron chi connectivity index (χ0n) is 30.6. The van der Waals surface area contributed by atoms with Crippen molar-refractivity contribution in [3.8, 4) is 24.2 Å². The van der Waals surface area contributed by atoms with Gasteiger partial charge in [0.2, 0.25) is 0 Å². The fraction of sp³-hybridized carbons (Fsp3) is 0.543. The molecule has 0 aliphatic heterocycles. The van der Waals surface area contributed by atoms with Gasteiger partial charge in [0.15, 0.2) is 0 Å². The van der Waals surface area contributed by atoms with Gasteiger partial charge < -0.3 is 19.4 Å². The molecule has 396 valence electrons. The molecule has 0 heterocycles. The maximum Gasteiger partial charge on any atom is 0.537 e. The van der Waals surface area contributed by atoms with Crippen LogP contribution in [0.1, 0.15) is 94.5 Å². The van der Waals surface area contributed by atoms with Crippen LogP contribution in [0.3, 0.4) is 0 Å². The van der Waals surface area contributed by atoms with E-state index in [4.69, 9.17) is 93.0 Å². The predicted molar refractivity (Wildman–Crippen MR) is 255 cm³/mol. The second-order valence-electron chi connectivity index (χ2n) is 9.24. The Hall–Kier alpha value is -1.21. The maximum atomic E-state index is 13.0. The van der Waals surface area contributed by atoms with Crippen molar-refractivity contribution in [1.29, 1.82) is 0 Å². The first-order valence-electron chi connectivity index (χ1n) is 14.8. The van der Waals surface area contributed by atoms with E-state index in [2.05, 4.69) is 39.1 Å². The van der Waals surface area contributed by atoms with E-state index < -0.39 is 86.8 Å². The molecule has 3 N–H and O–H groups in total. The minimum Gasteiger partial charge on any atom is -0.370 e. The molecular weight excluding hydrogens is 1140 g/mol. The number of alkyl halides is 14.